The number of hydrogen-bond donors (Lipinski definition) is 1. The highest BCUT2D eigenvalue weighted by Gasteiger charge is 2.17. The van der Waals surface area contributed by atoms with Crippen LogP contribution in [0.1, 0.15) is 5.76 Å². The number of nitrogens with one attached hydrogen (secondary N) is 1. The summed E-state index contributed by atoms with van der Waals surface area (Å²) in [6, 6.07) is 20.4. The molecule has 0 saturated carbocycles. The van der Waals surface area contributed by atoms with Crippen molar-refractivity contribution in [2.24, 2.45) is 0 Å². The highest BCUT2D eigenvalue weighted by molar-refractivity contribution is 9.10. The summed E-state index contributed by atoms with van der Waals surface area (Å²) in [5, 5.41) is 4.22. The van der Waals surface area contributed by atoms with Gasteiger partial charge in [-0.1, -0.05) is 45.9 Å². The van der Waals surface area contributed by atoms with Crippen molar-refractivity contribution in [3.63, 3.8) is 0 Å². The van der Waals surface area contributed by atoms with Crippen LogP contribution in [0.15, 0.2) is 102 Å². The average Bonchev–Trinajstić information content (AvgIpc) is 3.52. The van der Waals surface area contributed by atoms with Gasteiger partial charge in [0.15, 0.2) is 5.16 Å². The molecular formula is C25H18BrN3O4S. The van der Waals surface area contributed by atoms with E-state index < -0.39 is 5.63 Å². The van der Waals surface area contributed by atoms with Gasteiger partial charge in [0, 0.05) is 21.7 Å². The number of halogens is 1. The number of benzene rings is 2. The largest absolute Gasteiger partial charge is 0.467 e. The van der Waals surface area contributed by atoms with Crippen LogP contribution in [-0.4, -0.2) is 21.2 Å². The minimum Gasteiger partial charge on any atom is -0.467 e. The van der Waals surface area contributed by atoms with Gasteiger partial charge >= 0.3 is 5.63 Å². The highest BCUT2D eigenvalue weighted by atomic mass is 79.9. The lowest BCUT2D eigenvalue weighted by atomic mass is 10.1. The van der Waals surface area contributed by atoms with Gasteiger partial charge < -0.3 is 14.2 Å². The number of thioether (sulfide) groups is 1. The molecule has 170 valence electrons. The highest BCUT2D eigenvalue weighted by Crippen LogP contribution is 2.28. The first-order valence-electron chi connectivity index (χ1n) is 10.4. The number of carbonyl (C=O) groups is 1. The minimum atomic E-state index is -0.466. The molecule has 1 N–H and O–H groups in total. The summed E-state index contributed by atoms with van der Waals surface area (Å²) in [6.07, 6.45) is 3.35. The van der Waals surface area contributed by atoms with Crippen molar-refractivity contribution < 1.29 is 13.6 Å². The van der Waals surface area contributed by atoms with Crippen molar-refractivity contribution in [3.05, 3.63) is 99.8 Å². The lowest BCUT2D eigenvalue weighted by Gasteiger charge is -2.07. The molecule has 0 atom stereocenters. The molecule has 7 nitrogen and oxygen atoms in total. The fraction of sp³-hybridized carbons (Fsp3) is 0.0800. The number of rotatable bonds is 7. The van der Waals surface area contributed by atoms with Gasteiger partial charge in [0.05, 0.1) is 29.8 Å². The van der Waals surface area contributed by atoms with Crippen LogP contribution in [0.2, 0.25) is 0 Å². The predicted octanol–water partition coefficient (Wildman–Crippen LogP) is 5.41. The van der Waals surface area contributed by atoms with Gasteiger partial charge in [-0.25, -0.2) is 9.78 Å². The molecule has 0 aliphatic rings. The first-order valence-corrected chi connectivity index (χ1v) is 12.2. The number of aromatic nitrogens is 2. The lowest BCUT2D eigenvalue weighted by molar-refractivity contribution is -0.118. The van der Waals surface area contributed by atoms with Crippen LogP contribution in [0.3, 0.4) is 0 Å². The van der Waals surface area contributed by atoms with E-state index >= 15 is 0 Å². The molecule has 0 aliphatic carbocycles. The molecule has 34 heavy (non-hydrogen) atoms. The van der Waals surface area contributed by atoms with Crippen molar-refractivity contribution in [2.45, 2.75) is 11.7 Å². The second-order valence-corrected chi connectivity index (χ2v) is 9.24. The lowest BCUT2D eigenvalue weighted by Crippen LogP contribution is -2.24. The Labute approximate surface area is 206 Å². The maximum atomic E-state index is 12.7. The van der Waals surface area contributed by atoms with E-state index in [4.69, 9.17) is 8.83 Å². The maximum Gasteiger partial charge on any atom is 0.345 e. The molecule has 0 fully saturated rings. The normalized spacial score (nSPS) is 11.1. The first kappa shape index (κ1) is 22.2. The van der Waals surface area contributed by atoms with Gasteiger partial charge in [0.1, 0.15) is 11.3 Å². The average molecular weight is 536 g/mol. The maximum absolute atomic E-state index is 12.7. The molecule has 3 aromatic heterocycles. The van der Waals surface area contributed by atoms with E-state index in [1.54, 1.807) is 36.7 Å². The van der Waals surface area contributed by atoms with E-state index in [-0.39, 0.29) is 11.7 Å². The third-order valence-electron chi connectivity index (χ3n) is 5.07. The zero-order chi connectivity index (χ0) is 23.5. The number of furan rings is 1. The molecule has 0 spiro atoms. The SMILES string of the molecule is O=C(CSc1nc(-c2cc3ccccc3oc2=O)cn1-c1ccc(Br)cc1)NCc1ccco1. The molecule has 3 heterocycles. The molecule has 1 amide bonds. The molecule has 0 radical (unpaired) electrons. The van der Waals surface area contributed by atoms with Crippen LogP contribution in [0.25, 0.3) is 27.9 Å². The van der Waals surface area contributed by atoms with Gasteiger partial charge in [-0.2, -0.15) is 0 Å². The Kier molecular flexibility index (Phi) is 6.37. The monoisotopic (exact) mass is 535 g/mol. The number of fused-ring (bicyclic) bond motifs is 1. The molecule has 5 rings (SSSR count). The van der Waals surface area contributed by atoms with Crippen LogP contribution in [0.5, 0.6) is 0 Å². The summed E-state index contributed by atoms with van der Waals surface area (Å²) >= 11 is 4.73. The topological polar surface area (TPSA) is 90.3 Å². The quantitative estimate of drug-likeness (QED) is 0.221. The van der Waals surface area contributed by atoms with E-state index in [0.29, 0.717) is 34.3 Å². The first-order chi connectivity index (χ1) is 16.6. The zero-order valence-electron chi connectivity index (χ0n) is 17.7. The molecule has 9 heteroatoms. The van der Waals surface area contributed by atoms with E-state index in [1.165, 1.54) is 11.8 Å². The van der Waals surface area contributed by atoms with Crippen molar-refractivity contribution in [2.75, 3.05) is 5.75 Å². The van der Waals surface area contributed by atoms with E-state index in [0.717, 1.165) is 15.5 Å². The number of para-hydroxylation sites is 1. The van der Waals surface area contributed by atoms with Gasteiger partial charge in [-0.05, 0) is 48.5 Å². The zero-order valence-corrected chi connectivity index (χ0v) is 20.1. The van der Waals surface area contributed by atoms with Crippen molar-refractivity contribution in [1.82, 2.24) is 14.9 Å². The summed E-state index contributed by atoms with van der Waals surface area (Å²) in [6.45, 7) is 0.316. The Bertz CT molecular complexity index is 1510. The fourth-order valence-corrected chi connectivity index (χ4v) is 4.49. The van der Waals surface area contributed by atoms with Crippen molar-refractivity contribution in [3.8, 4) is 16.9 Å². The Morgan fingerprint density at radius 2 is 1.91 bits per heavy atom. The molecule has 5 aromatic rings. The summed E-state index contributed by atoms with van der Waals surface area (Å²) in [5.74, 6) is 0.679. The molecular weight excluding hydrogens is 518 g/mol. The van der Waals surface area contributed by atoms with Crippen LogP contribution >= 0.6 is 27.7 Å². The molecule has 0 aliphatic heterocycles. The van der Waals surface area contributed by atoms with Gasteiger partial charge in [-0.15, -0.1) is 0 Å². The van der Waals surface area contributed by atoms with E-state index in [2.05, 4.69) is 26.2 Å². The number of nitrogens with zero attached hydrogens (tertiary/aromatic N) is 2. The van der Waals surface area contributed by atoms with Crippen LogP contribution in [-0.2, 0) is 11.3 Å². The fourth-order valence-electron chi connectivity index (χ4n) is 3.40. The number of amides is 1. The van der Waals surface area contributed by atoms with Crippen LogP contribution in [0, 0.1) is 0 Å². The van der Waals surface area contributed by atoms with Crippen LogP contribution in [0.4, 0.5) is 0 Å². The van der Waals surface area contributed by atoms with Crippen molar-refractivity contribution >= 4 is 44.6 Å². The Morgan fingerprint density at radius 1 is 1.09 bits per heavy atom. The standard InChI is InChI=1S/C25H18BrN3O4S/c26-17-7-9-18(10-8-17)29-14-21(20-12-16-4-1-2-6-22(16)33-24(20)31)28-25(29)34-15-23(30)27-13-19-5-3-11-32-19/h1-12,14H,13,15H2,(H,27,30). The van der Waals surface area contributed by atoms with Gasteiger partial charge in [-0.3, -0.25) is 9.36 Å². The second kappa shape index (κ2) is 9.74. The van der Waals surface area contributed by atoms with E-state index in [9.17, 15) is 9.59 Å². The van der Waals surface area contributed by atoms with Crippen LogP contribution < -0.4 is 10.9 Å². The second-order valence-electron chi connectivity index (χ2n) is 7.39. The molecule has 0 saturated heterocycles. The molecule has 0 bridgehead atoms. The molecule has 0 unspecified atom stereocenters. The Balaban J connectivity index is 1.45. The summed E-state index contributed by atoms with van der Waals surface area (Å²) in [7, 11) is 0. The summed E-state index contributed by atoms with van der Waals surface area (Å²) in [5.41, 5.74) is 1.74. The number of hydrogen-bond acceptors (Lipinski definition) is 6. The summed E-state index contributed by atoms with van der Waals surface area (Å²) in [4.78, 5) is 29.8. The third-order valence-corrected chi connectivity index (χ3v) is 6.55. The minimum absolute atomic E-state index is 0.153. The van der Waals surface area contributed by atoms with Gasteiger partial charge in [0.25, 0.3) is 0 Å². The third kappa shape index (κ3) is 4.85. The molecule has 2 aromatic carbocycles. The predicted molar refractivity (Wildman–Crippen MR) is 134 cm³/mol. The Hall–Kier alpha value is -3.56. The van der Waals surface area contributed by atoms with Crippen molar-refractivity contribution in [1.29, 1.82) is 0 Å². The summed E-state index contributed by atoms with van der Waals surface area (Å²) < 4.78 is 13.5. The number of imidazole rings is 1. The van der Waals surface area contributed by atoms with Gasteiger partial charge in [0.2, 0.25) is 5.91 Å². The number of carbonyl (C=O) groups excluding carboxylic acids is 1. The van der Waals surface area contributed by atoms with E-state index in [1.807, 2.05) is 47.0 Å². The Morgan fingerprint density at radius 3 is 2.71 bits per heavy atom. The smallest absolute Gasteiger partial charge is 0.345 e.